The van der Waals surface area contributed by atoms with Crippen LogP contribution in [-0.4, -0.2) is 55.1 Å². The van der Waals surface area contributed by atoms with E-state index < -0.39 is 54.9 Å². The molecule has 1 N–H and O–H groups in total. The quantitative estimate of drug-likeness (QED) is 0.102. The van der Waals surface area contributed by atoms with Gasteiger partial charge in [0.05, 0.1) is 19.6 Å². The smallest absolute Gasteiger partial charge is 0.330 e. The number of H-pyrrole nitrogens is 1. The SMILES string of the molecule is COc1ccc(C(O[C@H]2C(F)(F)[C@H](n3ccc(=O)[nH]c3=O)O[C@]2(CCl)CO[Si](C)(C)C(C)(C)C)(c2ccccc2)c2ccccc2)cc1. The van der Waals surface area contributed by atoms with Gasteiger partial charge < -0.3 is 18.6 Å². The number of nitrogens with zero attached hydrogens (tertiary/aromatic N) is 1. The first-order chi connectivity index (χ1) is 22.6. The van der Waals surface area contributed by atoms with Crippen molar-refractivity contribution in [3.63, 3.8) is 0 Å². The van der Waals surface area contributed by atoms with Gasteiger partial charge in [-0.05, 0) is 47.0 Å². The Morgan fingerprint density at radius 2 is 1.44 bits per heavy atom. The highest BCUT2D eigenvalue weighted by Gasteiger charge is 2.70. The number of aromatic amines is 1. The van der Waals surface area contributed by atoms with E-state index in [0.29, 0.717) is 27.0 Å². The van der Waals surface area contributed by atoms with Gasteiger partial charge in [0.2, 0.25) is 6.23 Å². The lowest BCUT2D eigenvalue weighted by Crippen LogP contribution is -2.57. The molecule has 0 spiro atoms. The van der Waals surface area contributed by atoms with E-state index in [4.69, 9.17) is 30.2 Å². The van der Waals surface area contributed by atoms with Crippen LogP contribution in [0.4, 0.5) is 8.78 Å². The Morgan fingerprint density at radius 3 is 1.92 bits per heavy atom. The molecule has 3 atom stereocenters. The number of nitrogens with one attached hydrogen (secondary N) is 1. The third-order valence-electron chi connectivity index (χ3n) is 9.47. The lowest BCUT2D eigenvalue weighted by atomic mass is 9.79. The first-order valence-electron chi connectivity index (χ1n) is 15.6. The first kappa shape index (κ1) is 35.7. The van der Waals surface area contributed by atoms with Crippen LogP contribution in [0.5, 0.6) is 5.75 Å². The summed E-state index contributed by atoms with van der Waals surface area (Å²) in [5.74, 6) is -3.77. The van der Waals surface area contributed by atoms with Crippen LogP contribution in [0.3, 0.4) is 0 Å². The molecule has 3 aromatic carbocycles. The molecule has 2 heterocycles. The van der Waals surface area contributed by atoms with Gasteiger partial charge in [0.25, 0.3) is 5.56 Å². The summed E-state index contributed by atoms with van der Waals surface area (Å²) in [5, 5.41) is -0.270. The van der Waals surface area contributed by atoms with Crippen LogP contribution in [0.15, 0.2) is 107 Å². The van der Waals surface area contributed by atoms with Crippen LogP contribution in [-0.2, 0) is 19.5 Å². The highest BCUT2D eigenvalue weighted by molar-refractivity contribution is 6.74. The largest absolute Gasteiger partial charge is 0.497 e. The Morgan fingerprint density at radius 1 is 0.896 bits per heavy atom. The molecule has 256 valence electrons. The van der Waals surface area contributed by atoms with Gasteiger partial charge in [0.15, 0.2) is 14.4 Å². The van der Waals surface area contributed by atoms with E-state index in [-0.39, 0.29) is 11.6 Å². The average molecular weight is 699 g/mol. The zero-order valence-corrected chi connectivity index (χ0v) is 29.6. The van der Waals surface area contributed by atoms with Crippen LogP contribution >= 0.6 is 11.6 Å². The fourth-order valence-corrected chi connectivity index (χ4v) is 7.02. The molecule has 0 unspecified atom stereocenters. The fraction of sp³-hybridized carbons (Fsp3) is 0.389. The Hall–Kier alpha value is -3.61. The fourth-order valence-electron chi connectivity index (χ4n) is 5.70. The van der Waals surface area contributed by atoms with E-state index >= 15 is 8.78 Å². The highest BCUT2D eigenvalue weighted by Crippen LogP contribution is 2.55. The summed E-state index contributed by atoms with van der Waals surface area (Å²) in [5.41, 5.74) is -3.72. The first-order valence-corrected chi connectivity index (χ1v) is 19.1. The van der Waals surface area contributed by atoms with E-state index in [9.17, 15) is 9.59 Å². The lowest BCUT2D eigenvalue weighted by Gasteiger charge is -2.44. The second-order valence-corrected chi connectivity index (χ2v) is 18.6. The van der Waals surface area contributed by atoms with Gasteiger partial charge in [-0.15, -0.1) is 11.6 Å². The molecule has 0 saturated carbocycles. The number of hydrogen-bond donors (Lipinski definition) is 1. The Bertz CT molecular complexity index is 1770. The molecule has 1 aliphatic heterocycles. The molecule has 48 heavy (non-hydrogen) atoms. The maximum Gasteiger partial charge on any atom is 0.330 e. The molecule has 1 saturated heterocycles. The molecule has 1 aliphatic rings. The van der Waals surface area contributed by atoms with Crippen LogP contribution in [0.1, 0.15) is 43.7 Å². The summed E-state index contributed by atoms with van der Waals surface area (Å²) in [7, 11) is -1.02. The molecule has 8 nitrogen and oxygen atoms in total. The maximum absolute atomic E-state index is 17.3. The van der Waals surface area contributed by atoms with Crippen molar-refractivity contribution in [1.29, 1.82) is 0 Å². The van der Waals surface area contributed by atoms with Crippen molar-refractivity contribution >= 4 is 19.9 Å². The summed E-state index contributed by atoms with van der Waals surface area (Å²) in [6, 6.07) is 26.1. The van der Waals surface area contributed by atoms with E-state index in [1.165, 1.54) is 0 Å². The van der Waals surface area contributed by atoms with E-state index in [2.05, 4.69) is 4.98 Å². The van der Waals surface area contributed by atoms with E-state index in [0.717, 1.165) is 12.3 Å². The maximum atomic E-state index is 17.3. The minimum Gasteiger partial charge on any atom is -0.497 e. The third kappa shape index (κ3) is 6.41. The number of alkyl halides is 3. The van der Waals surface area contributed by atoms with Crippen molar-refractivity contribution in [3.8, 4) is 5.75 Å². The van der Waals surface area contributed by atoms with E-state index in [1.807, 2.05) is 70.3 Å². The molecular formula is C36H41ClF2N2O6Si. The second-order valence-electron chi connectivity index (χ2n) is 13.5. The predicted octanol–water partition coefficient (Wildman–Crippen LogP) is 7.09. The summed E-state index contributed by atoms with van der Waals surface area (Å²) >= 11 is 6.69. The van der Waals surface area contributed by atoms with Gasteiger partial charge in [-0.1, -0.05) is 93.6 Å². The topological polar surface area (TPSA) is 91.8 Å². The van der Waals surface area contributed by atoms with Crippen LogP contribution in [0.2, 0.25) is 18.1 Å². The van der Waals surface area contributed by atoms with Crippen LogP contribution < -0.4 is 16.0 Å². The van der Waals surface area contributed by atoms with Gasteiger partial charge in [-0.2, -0.15) is 8.78 Å². The second kappa shape index (κ2) is 13.4. The number of halogens is 3. The van der Waals surface area contributed by atoms with Crippen molar-refractivity contribution < 1.29 is 27.4 Å². The standard InChI is InChI=1S/C36H41ClF2N2O6Si/c1-33(2,3)48(5,6)45-24-34(23-37)30(36(38,39)31(47-34)41-22-21-29(42)40-32(41)43)46-35(25-13-9-7-10-14-25,26-15-11-8-12-16-26)27-17-19-28(44-4)20-18-27/h7-22,30-31H,23-24H2,1-6H3,(H,40,42,43)/t30-,31-,34-/m1/s1. The summed E-state index contributed by atoms with van der Waals surface area (Å²) in [6.07, 6.45) is -3.27. The summed E-state index contributed by atoms with van der Waals surface area (Å²) in [4.78, 5) is 26.9. The lowest BCUT2D eigenvalue weighted by molar-refractivity contribution is -0.187. The van der Waals surface area contributed by atoms with Gasteiger partial charge in [0.1, 0.15) is 17.0 Å². The zero-order chi connectivity index (χ0) is 35.0. The van der Waals surface area contributed by atoms with Crippen molar-refractivity contribution in [2.45, 2.75) is 68.4 Å². The Labute approximate surface area is 284 Å². The van der Waals surface area contributed by atoms with Crippen LogP contribution in [0.25, 0.3) is 0 Å². The Balaban J connectivity index is 1.78. The minimum atomic E-state index is -3.88. The molecule has 12 heteroatoms. The van der Waals surface area contributed by atoms with Crippen molar-refractivity contribution in [3.05, 3.63) is 135 Å². The average Bonchev–Trinajstić information content (AvgIpc) is 3.28. The van der Waals surface area contributed by atoms with Gasteiger partial charge in [-0.25, -0.2) is 4.79 Å². The highest BCUT2D eigenvalue weighted by atomic mass is 35.5. The van der Waals surface area contributed by atoms with Gasteiger partial charge >= 0.3 is 11.6 Å². The number of ether oxygens (including phenoxy) is 3. The van der Waals surface area contributed by atoms with Crippen molar-refractivity contribution in [1.82, 2.24) is 9.55 Å². The summed E-state index contributed by atoms with van der Waals surface area (Å²) < 4.78 is 60.5. The molecule has 1 fully saturated rings. The number of hydrogen-bond acceptors (Lipinski definition) is 6. The van der Waals surface area contributed by atoms with Crippen LogP contribution in [0, 0.1) is 0 Å². The van der Waals surface area contributed by atoms with Crippen molar-refractivity contribution in [2.24, 2.45) is 0 Å². The molecule has 0 aliphatic carbocycles. The molecular weight excluding hydrogens is 658 g/mol. The number of methoxy groups -OCH3 is 1. The molecule has 5 rings (SSSR count). The molecule has 0 amide bonds. The number of benzene rings is 3. The molecule has 1 aromatic heterocycles. The van der Waals surface area contributed by atoms with Gasteiger partial charge in [-0.3, -0.25) is 14.3 Å². The third-order valence-corrected chi connectivity index (χ3v) is 14.4. The molecule has 0 radical (unpaired) electrons. The zero-order valence-electron chi connectivity index (χ0n) is 27.8. The van der Waals surface area contributed by atoms with Crippen molar-refractivity contribution in [2.75, 3.05) is 19.6 Å². The summed E-state index contributed by atoms with van der Waals surface area (Å²) in [6.45, 7) is 9.76. The Kier molecular flexibility index (Phi) is 9.93. The normalized spacial score (nSPS) is 21.3. The number of aromatic nitrogens is 2. The number of rotatable bonds is 11. The van der Waals surface area contributed by atoms with Gasteiger partial charge in [0, 0.05) is 12.3 Å². The van der Waals surface area contributed by atoms with E-state index in [1.54, 1.807) is 55.6 Å². The molecule has 0 bridgehead atoms. The predicted molar refractivity (Wildman–Crippen MR) is 184 cm³/mol. The minimum absolute atomic E-state index is 0.270. The molecule has 4 aromatic rings. The monoisotopic (exact) mass is 698 g/mol.